The Hall–Kier alpha value is -2.25. The second-order valence-corrected chi connectivity index (χ2v) is 9.88. The minimum Gasteiger partial charge on any atom is -0.466 e. The molecule has 1 aromatic carbocycles. The second-order valence-electron chi connectivity index (χ2n) is 9.88. The van der Waals surface area contributed by atoms with Gasteiger partial charge in [-0.15, -0.1) is 13.2 Å². The van der Waals surface area contributed by atoms with Crippen LogP contribution in [0.2, 0.25) is 0 Å². The Morgan fingerprint density at radius 2 is 1.08 bits per heavy atom. The number of hydrogen-bond acceptors (Lipinski definition) is 5. The Bertz CT molecular complexity index is 734. The summed E-state index contributed by atoms with van der Waals surface area (Å²) >= 11 is 0. The quantitative estimate of drug-likeness (QED) is 0.101. The van der Waals surface area contributed by atoms with Crippen molar-refractivity contribution >= 4 is 11.9 Å². The van der Waals surface area contributed by atoms with E-state index in [0.717, 1.165) is 25.0 Å². The molecule has 0 aliphatic carbocycles. The fourth-order valence-corrected chi connectivity index (χ4v) is 4.13. The van der Waals surface area contributed by atoms with Gasteiger partial charge >= 0.3 is 18.3 Å². The summed E-state index contributed by atoms with van der Waals surface area (Å²) in [5.41, 5.74) is 0.538. The summed E-state index contributed by atoms with van der Waals surface area (Å²) in [6.07, 6.45) is 15.1. The van der Waals surface area contributed by atoms with Gasteiger partial charge in [-0.2, -0.15) is 0 Å². The van der Waals surface area contributed by atoms with Crippen LogP contribution in [-0.4, -0.2) is 24.9 Å². The highest BCUT2D eigenvalue weighted by atomic mass is 19.4. The maximum Gasteiger partial charge on any atom is 0.573 e. The molecule has 0 N–H and O–H groups in total. The number of unbranched alkanes of at least 4 members (excludes halogenated alkanes) is 14. The number of benzene rings is 1. The number of ether oxygens (including phenoxy) is 3. The van der Waals surface area contributed by atoms with E-state index in [1.165, 1.54) is 95.6 Å². The number of carbonyl (C=O) groups excluding carboxylic acids is 2. The summed E-state index contributed by atoms with van der Waals surface area (Å²) in [6, 6.07) is 5.10. The van der Waals surface area contributed by atoms with Crippen LogP contribution in [0.3, 0.4) is 0 Å². The van der Waals surface area contributed by atoms with E-state index < -0.39 is 12.3 Å². The van der Waals surface area contributed by atoms with Crippen molar-refractivity contribution in [3.8, 4) is 5.75 Å². The molecule has 218 valence electrons. The highest BCUT2D eigenvalue weighted by molar-refractivity contribution is 5.72. The second kappa shape index (κ2) is 21.7. The molecule has 38 heavy (non-hydrogen) atoms. The van der Waals surface area contributed by atoms with Crippen LogP contribution in [0.1, 0.15) is 128 Å². The smallest absolute Gasteiger partial charge is 0.466 e. The van der Waals surface area contributed by atoms with E-state index in [9.17, 15) is 22.8 Å². The Balaban J connectivity index is 1.89. The maximum atomic E-state index is 12.2. The summed E-state index contributed by atoms with van der Waals surface area (Å²) in [4.78, 5) is 23.6. The average Bonchev–Trinajstić information content (AvgIpc) is 2.87. The monoisotopic (exact) mass is 544 g/mol. The molecule has 0 heterocycles. The number of rotatable bonds is 23. The first-order valence-electron chi connectivity index (χ1n) is 14.5. The maximum absolute atomic E-state index is 12.2. The molecule has 0 saturated heterocycles. The van der Waals surface area contributed by atoms with E-state index in [1.54, 1.807) is 0 Å². The number of esters is 2. The Labute approximate surface area is 226 Å². The topological polar surface area (TPSA) is 61.8 Å². The zero-order chi connectivity index (χ0) is 27.9. The molecule has 0 spiro atoms. The third-order valence-electron chi connectivity index (χ3n) is 6.33. The molecule has 0 aliphatic heterocycles. The first-order chi connectivity index (χ1) is 18.3. The van der Waals surface area contributed by atoms with E-state index >= 15 is 0 Å². The standard InChI is InChI=1S/C30H47F3O5/c1-2-3-4-5-6-7-8-9-10-11-12-13-14-15-16-24-36-28(34)18-17-19-29(35)37-25-26-20-22-27(23-21-26)38-30(31,32)33/h20-23H,2-19,24-25H2,1H3. The third kappa shape index (κ3) is 20.8. The highest BCUT2D eigenvalue weighted by Crippen LogP contribution is 2.23. The zero-order valence-electron chi connectivity index (χ0n) is 23.1. The molecule has 0 bridgehead atoms. The lowest BCUT2D eigenvalue weighted by atomic mass is 10.0. The normalized spacial score (nSPS) is 11.4. The molecule has 0 radical (unpaired) electrons. The lowest BCUT2D eigenvalue weighted by Crippen LogP contribution is -2.17. The van der Waals surface area contributed by atoms with Gasteiger partial charge in [0.05, 0.1) is 6.61 Å². The Morgan fingerprint density at radius 1 is 0.632 bits per heavy atom. The summed E-state index contributed by atoms with van der Waals surface area (Å²) in [5, 5.41) is 0. The van der Waals surface area contributed by atoms with Gasteiger partial charge < -0.3 is 14.2 Å². The molecule has 0 fully saturated rings. The minimum atomic E-state index is -4.75. The van der Waals surface area contributed by atoms with Gasteiger partial charge in [-0.05, 0) is 30.5 Å². The summed E-state index contributed by atoms with van der Waals surface area (Å²) < 4.78 is 50.6. The molecule has 1 rings (SSSR count). The van der Waals surface area contributed by atoms with E-state index in [4.69, 9.17) is 9.47 Å². The van der Waals surface area contributed by atoms with Gasteiger partial charge in [-0.1, -0.05) is 109 Å². The average molecular weight is 545 g/mol. The molecule has 8 heteroatoms. The number of hydrogen-bond donors (Lipinski definition) is 0. The van der Waals surface area contributed by atoms with Crippen molar-refractivity contribution in [3.63, 3.8) is 0 Å². The van der Waals surface area contributed by atoms with Crippen LogP contribution < -0.4 is 4.74 Å². The van der Waals surface area contributed by atoms with Gasteiger partial charge in [0, 0.05) is 12.8 Å². The lowest BCUT2D eigenvalue weighted by Gasteiger charge is -2.09. The largest absolute Gasteiger partial charge is 0.573 e. The van der Waals surface area contributed by atoms with Gasteiger partial charge in [0.15, 0.2) is 0 Å². The predicted molar refractivity (Wildman–Crippen MR) is 143 cm³/mol. The fourth-order valence-electron chi connectivity index (χ4n) is 4.13. The van der Waals surface area contributed by atoms with Gasteiger partial charge in [0.1, 0.15) is 12.4 Å². The predicted octanol–water partition coefficient (Wildman–Crippen LogP) is 9.21. The van der Waals surface area contributed by atoms with Crippen LogP contribution in [0.4, 0.5) is 13.2 Å². The van der Waals surface area contributed by atoms with E-state index in [1.807, 2.05) is 0 Å². The molecule has 5 nitrogen and oxygen atoms in total. The van der Waals surface area contributed by atoms with Gasteiger partial charge in [-0.25, -0.2) is 0 Å². The fraction of sp³-hybridized carbons (Fsp3) is 0.733. The number of halogens is 3. The molecule has 0 amide bonds. The van der Waals surface area contributed by atoms with E-state index in [-0.39, 0.29) is 31.2 Å². The zero-order valence-corrected chi connectivity index (χ0v) is 23.1. The minimum absolute atomic E-state index is 0.0607. The number of carbonyl (C=O) groups is 2. The van der Waals surface area contributed by atoms with E-state index in [2.05, 4.69) is 11.7 Å². The van der Waals surface area contributed by atoms with Crippen molar-refractivity contribution in [2.24, 2.45) is 0 Å². The molecule has 0 saturated carbocycles. The highest BCUT2D eigenvalue weighted by Gasteiger charge is 2.30. The summed E-state index contributed by atoms with van der Waals surface area (Å²) in [7, 11) is 0. The van der Waals surface area contributed by atoms with Crippen molar-refractivity contribution in [2.45, 2.75) is 135 Å². The summed E-state index contributed by atoms with van der Waals surface area (Å²) in [6.45, 7) is 2.61. The first-order valence-corrected chi connectivity index (χ1v) is 14.5. The van der Waals surface area contributed by atoms with Crippen LogP contribution in [0.5, 0.6) is 5.75 Å². The first kappa shape index (κ1) is 33.8. The van der Waals surface area contributed by atoms with Crippen molar-refractivity contribution in [3.05, 3.63) is 29.8 Å². The SMILES string of the molecule is CCCCCCCCCCCCCCCCCOC(=O)CCCC(=O)OCc1ccc(OC(F)(F)F)cc1. The molecule has 0 aliphatic rings. The van der Waals surface area contributed by atoms with Crippen molar-refractivity contribution in [1.29, 1.82) is 0 Å². The van der Waals surface area contributed by atoms with Crippen LogP contribution in [0.25, 0.3) is 0 Å². The molecular formula is C30H47F3O5. The van der Waals surface area contributed by atoms with Crippen molar-refractivity contribution < 1.29 is 37.0 Å². The van der Waals surface area contributed by atoms with Crippen LogP contribution >= 0.6 is 0 Å². The third-order valence-corrected chi connectivity index (χ3v) is 6.33. The Morgan fingerprint density at radius 3 is 1.55 bits per heavy atom. The molecule has 0 unspecified atom stereocenters. The van der Waals surface area contributed by atoms with Crippen LogP contribution in [0.15, 0.2) is 24.3 Å². The lowest BCUT2D eigenvalue weighted by molar-refractivity contribution is -0.274. The van der Waals surface area contributed by atoms with Crippen LogP contribution in [-0.2, 0) is 25.7 Å². The molecular weight excluding hydrogens is 497 g/mol. The molecule has 0 atom stereocenters. The molecule has 0 aromatic heterocycles. The van der Waals surface area contributed by atoms with Gasteiger partial charge in [0.25, 0.3) is 0 Å². The Kier molecular flexibility index (Phi) is 19.3. The number of alkyl halides is 3. The van der Waals surface area contributed by atoms with Gasteiger partial charge in [-0.3, -0.25) is 9.59 Å². The van der Waals surface area contributed by atoms with Gasteiger partial charge in [0.2, 0.25) is 0 Å². The van der Waals surface area contributed by atoms with Crippen molar-refractivity contribution in [1.82, 2.24) is 0 Å². The van der Waals surface area contributed by atoms with Crippen LogP contribution in [0, 0.1) is 0 Å². The van der Waals surface area contributed by atoms with Crippen molar-refractivity contribution in [2.75, 3.05) is 6.61 Å². The van der Waals surface area contributed by atoms with E-state index in [0.29, 0.717) is 18.6 Å². The molecule has 1 aromatic rings. The summed E-state index contributed by atoms with van der Waals surface area (Å²) in [5.74, 6) is -1.13.